The summed E-state index contributed by atoms with van der Waals surface area (Å²) in [5.41, 5.74) is 0.919. The summed E-state index contributed by atoms with van der Waals surface area (Å²) >= 11 is 1.24. The van der Waals surface area contributed by atoms with Gasteiger partial charge in [0, 0.05) is 17.0 Å². The number of hydrogen-bond acceptors (Lipinski definition) is 6. The number of rotatable bonds is 7. The molecule has 2 rings (SSSR count). The van der Waals surface area contributed by atoms with Crippen molar-refractivity contribution in [3.63, 3.8) is 0 Å². The molecule has 0 bridgehead atoms. The maximum Gasteiger partial charge on any atom is 0.338 e. The first-order valence-corrected chi connectivity index (χ1v) is 9.07. The molecule has 7 nitrogen and oxygen atoms in total. The van der Waals surface area contributed by atoms with Crippen LogP contribution in [0, 0.1) is 17.0 Å². The third-order valence-corrected chi connectivity index (χ3v) is 4.50. The third-order valence-electron chi connectivity index (χ3n) is 3.42. The van der Waals surface area contributed by atoms with Gasteiger partial charge in [-0.15, -0.1) is 0 Å². The summed E-state index contributed by atoms with van der Waals surface area (Å²) in [6.45, 7) is 5.09. The standard InChI is InChI=1S/C19H20N2O5S/c1-12(2)20-18(22)11-26-19(23)14-6-9-17(16(10-14)21(24)25)27-15-7-4-13(3)5-8-15/h4-10,12H,11H2,1-3H3,(H,20,22). The molecule has 1 amide bonds. The second-order valence-electron chi connectivity index (χ2n) is 6.15. The van der Waals surface area contributed by atoms with Crippen LogP contribution in [0.5, 0.6) is 0 Å². The Morgan fingerprint density at radius 2 is 1.85 bits per heavy atom. The monoisotopic (exact) mass is 388 g/mol. The number of benzene rings is 2. The van der Waals surface area contributed by atoms with E-state index in [9.17, 15) is 19.7 Å². The first kappa shape index (κ1) is 20.4. The molecule has 0 unspecified atom stereocenters. The lowest BCUT2D eigenvalue weighted by Crippen LogP contribution is -2.33. The summed E-state index contributed by atoms with van der Waals surface area (Å²) in [6.07, 6.45) is 0. The summed E-state index contributed by atoms with van der Waals surface area (Å²) in [5.74, 6) is -1.22. The van der Waals surface area contributed by atoms with Gasteiger partial charge in [0.05, 0.1) is 15.4 Å². The molecule has 0 aliphatic rings. The normalized spacial score (nSPS) is 10.5. The molecule has 0 aliphatic heterocycles. The van der Waals surface area contributed by atoms with Gasteiger partial charge in [-0.3, -0.25) is 14.9 Å². The lowest BCUT2D eigenvalue weighted by Gasteiger charge is -2.09. The molecular formula is C19H20N2O5S. The average Bonchev–Trinajstić information content (AvgIpc) is 2.61. The molecule has 8 heteroatoms. The molecule has 0 spiro atoms. The number of nitro groups is 1. The zero-order valence-corrected chi connectivity index (χ0v) is 16.0. The summed E-state index contributed by atoms with van der Waals surface area (Å²) in [6, 6.07) is 11.6. The Balaban J connectivity index is 2.14. The van der Waals surface area contributed by atoms with Gasteiger partial charge in [0.2, 0.25) is 0 Å². The van der Waals surface area contributed by atoms with Crippen molar-refractivity contribution in [3.05, 3.63) is 63.7 Å². The molecule has 0 saturated heterocycles. The van der Waals surface area contributed by atoms with Crippen LogP contribution in [0.3, 0.4) is 0 Å². The van der Waals surface area contributed by atoms with E-state index in [0.29, 0.717) is 4.90 Å². The predicted molar refractivity (Wildman–Crippen MR) is 102 cm³/mol. The SMILES string of the molecule is Cc1ccc(Sc2ccc(C(=O)OCC(=O)NC(C)C)cc2[N+](=O)[O-])cc1. The van der Waals surface area contributed by atoms with E-state index in [2.05, 4.69) is 5.32 Å². The van der Waals surface area contributed by atoms with Gasteiger partial charge in [-0.2, -0.15) is 0 Å². The molecule has 0 fully saturated rings. The van der Waals surface area contributed by atoms with Crippen LogP contribution in [0.15, 0.2) is 52.3 Å². The Hall–Kier alpha value is -2.87. The van der Waals surface area contributed by atoms with E-state index in [1.807, 2.05) is 31.2 Å². The van der Waals surface area contributed by atoms with Crippen molar-refractivity contribution in [1.29, 1.82) is 0 Å². The molecule has 27 heavy (non-hydrogen) atoms. The fourth-order valence-corrected chi connectivity index (χ4v) is 3.08. The van der Waals surface area contributed by atoms with Gasteiger partial charge in [0.15, 0.2) is 6.61 Å². The number of amides is 1. The first-order chi connectivity index (χ1) is 12.8. The largest absolute Gasteiger partial charge is 0.452 e. The summed E-state index contributed by atoms with van der Waals surface area (Å²) in [5, 5.41) is 14.0. The lowest BCUT2D eigenvalue weighted by molar-refractivity contribution is -0.387. The van der Waals surface area contributed by atoms with Crippen molar-refractivity contribution in [2.75, 3.05) is 6.61 Å². The van der Waals surface area contributed by atoms with Crippen LogP contribution in [0.25, 0.3) is 0 Å². The van der Waals surface area contributed by atoms with E-state index in [0.717, 1.165) is 10.5 Å². The van der Waals surface area contributed by atoms with Crippen molar-refractivity contribution in [2.24, 2.45) is 0 Å². The van der Waals surface area contributed by atoms with Crippen LogP contribution in [0.1, 0.15) is 29.8 Å². The van der Waals surface area contributed by atoms with Crippen LogP contribution in [0.2, 0.25) is 0 Å². The average molecular weight is 388 g/mol. The number of nitrogens with one attached hydrogen (secondary N) is 1. The van der Waals surface area contributed by atoms with Crippen molar-refractivity contribution in [3.8, 4) is 0 Å². The van der Waals surface area contributed by atoms with E-state index in [-0.39, 0.29) is 17.3 Å². The number of esters is 1. The maximum atomic E-state index is 12.1. The summed E-state index contributed by atoms with van der Waals surface area (Å²) in [7, 11) is 0. The van der Waals surface area contributed by atoms with Gasteiger partial charge in [-0.05, 0) is 45.0 Å². The Kier molecular flexibility index (Phi) is 6.95. The van der Waals surface area contributed by atoms with Crippen molar-refractivity contribution < 1.29 is 19.2 Å². The molecule has 1 N–H and O–H groups in total. The van der Waals surface area contributed by atoms with Crippen LogP contribution in [-0.2, 0) is 9.53 Å². The summed E-state index contributed by atoms with van der Waals surface area (Å²) in [4.78, 5) is 35.8. The number of nitrogens with zero attached hydrogens (tertiary/aromatic N) is 1. The van der Waals surface area contributed by atoms with Gasteiger partial charge >= 0.3 is 5.97 Å². The topological polar surface area (TPSA) is 98.5 Å². The molecule has 0 saturated carbocycles. The lowest BCUT2D eigenvalue weighted by atomic mass is 10.2. The van der Waals surface area contributed by atoms with Crippen molar-refractivity contribution in [1.82, 2.24) is 5.32 Å². The molecule has 0 heterocycles. The number of nitro benzene ring substituents is 1. The zero-order chi connectivity index (χ0) is 20.0. The fraction of sp³-hybridized carbons (Fsp3) is 0.263. The Bertz CT molecular complexity index is 850. The second kappa shape index (κ2) is 9.18. The number of carbonyl (C=O) groups excluding carboxylic acids is 2. The minimum absolute atomic E-state index is 0.0207. The third kappa shape index (κ3) is 6.10. The van der Waals surface area contributed by atoms with E-state index in [4.69, 9.17) is 4.74 Å². The van der Waals surface area contributed by atoms with E-state index in [1.165, 1.54) is 30.0 Å². The summed E-state index contributed by atoms with van der Waals surface area (Å²) < 4.78 is 4.92. The number of carbonyl (C=O) groups is 2. The number of aryl methyl sites for hydroxylation is 1. The van der Waals surface area contributed by atoms with Crippen molar-refractivity contribution >= 4 is 29.3 Å². The smallest absolute Gasteiger partial charge is 0.338 e. The fourth-order valence-electron chi connectivity index (χ4n) is 2.18. The zero-order valence-electron chi connectivity index (χ0n) is 15.2. The molecule has 142 valence electrons. The molecule has 0 aromatic heterocycles. The van der Waals surface area contributed by atoms with Crippen LogP contribution < -0.4 is 5.32 Å². The van der Waals surface area contributed by atoms with Crippen LogP contribution in [-0.4, -0.2) is 29.4 Å². The highest BCUT2D eigenvalue weighted by molar-refractivity contribution is 7.99. The second-order valence-corrected chi connectivity index (χ2v) is 7.27. The number of ether oxygens (including phenoxy) is 1. The molecule has 0 atom stereocenters. The molecule has 0 aliphatic carbocycles. The number of hydrogen-bond donors (Lipinski definition) is 1. The van der Waals surface area contributed by atoms with Crippen LogP contribution >= 0.6 is 11.8 Å². The van der Waals surface area contributed by atoms with E-state index < -0.39 is 23.4 Å². The minimum Gasteiger partial charge on any atom is -0.452 e. The molecule has 2 aromatic carbocycles. The predicted octanol–water partition coefficient (Wildman–Crippen LogP) is 3.74. The maximum absolute atomic E-state index is 12.1. The Morgan fingerprint density at radius 3 is 2.44 bits per heavy atom. The van der Waals surface area contributed by atoms with Gasteiger partial charge in [-0.1, -0.05) is 29.5 Å². The highest BCUT2D eigenvalue weighted by Crippen LogP contribution is 2.35. The minimum atomic E-state index is -0.788. The van der Waals surface area contributed by atoms with Gasteiger partial charge in [0.25, 0.3) is 11.6 Å². The van der Waals surface area contributed by atoms with E-state index in [1.54, 1.807) is 13.8 Å². The molecule has 0 radical (unpaired) electrons. The highest BCUT2D eigenvalue weighted by Gasteiger charge is 2.20. The van der Waals surface area contributed by atoms with Gasteiger partial charge < -0.3 is 10.1 Å². The van der Waals surface area contributed by atoms with Gasteiger partial charge in [0.1, 0.15) is 0 Å². The Morgan fingerprint density at radius 1 is 1.19 bits per heavy atom. The highest BCUT2D eigenvalue weighted by atomic mass is 32.2. The Labute approximate surface area is 161 Å². The van der Waals surface area contributed by atoms with Crippen LogP contribution in [0.4, 0.5) is 5.69 Å². The molecule has 2 aromatic rings. The first-order valence-electron chi connectivity index (χ1n) is 8.25. The molecular weight excluding hydrogens is 368 g/mol. The van der Waals surface area contributed by atoms with E-state index >= 15 is 0 Å². The van der Waals surface area contributed by atoms with Gasteiger partial charge in [-0.25, -0.2) is 4.79 Å². The quantitative estimate of drug-likeness (QED) is 0.441. The van der Waals surface area contributed by atoms with Crippen molar-refractivity contribution in [2.45, 2.75) is 36.6 Å².